The Morgan fingerprint density at radius 2 is 2.04 bits per heavy atom. The molecule has 4 rings (SSSR count). The van der Waals surface area contributed by atoms with E-state index in [0.717, 1.165) is 29.1 Å². The summed E-state index contributed by atoms with van der Waals surface area (Å²) in [5, 5.41) is 3.53. The molecule has 0 aliphatic heterocycles. The highest BCUT2D eigenvalue weighted by molar-refractivity contribution is 7.19. The van der Waals surface area contributed by atoms with Crippen molar-refractivity contribution in [3.8, 4) is 10.6 Å². The molecule has 0 unspecified atom stereocenters. The molecule has 1 aromatic carbocycles. The number of amides is 1. The van der Waals surface area contributed by atoms with Gasteiger partial charge in [0.15, 0.2) is 5.13 Å². The smallest absolute Gasteiger partial charge is 0.257 e. The van der Waals surface area contributed by atoms with Crippen molar-refractivity contribution in [3.63, 3.8) is 0 Å². The molecule has 1 aliphatic carbocycles. The van der Waals surface area contributed by atoms with Crippen molar-refractivity contribution in [2.75, 3.05) is 5.32 Å². The first-order chi connectivity index (χ1) is 11.7. The quantitative estimate of drug-likeness (QED) is 0.778. The average Bonchev–Trinajstić information content (AvgIpc) is 3.21. The zero-order valence-corrected chi connectivity index (χ0v) is 14.2. The second kappa shape index (κ2) is 6.17. The lowest BCUT2D eigenvalue weighted by atomic mass is 10.1. The molecule has 1 N–H and O–H groups in total. The van der Waals surface area contributed by atoms with Crippen LogP contribution in [0.1, 0.15) is 33.6 Å². The third-order valence-electron chi connectivity index (χ3n) is 4.28. The number of carbonyl (C=O) groups is 1. The van der Waals surface area contributed by atoms with E-state index in [1.165, 1.54) is 28.9 Å². The second-order valence-corrected chi connectivity index (χ2v) is 6.94. The number of aryl methyl sites for hydroxylation is 3. The highest BCUT2D eigenvalue weighted by atomic mass is 32.1. The number of carbonyl (C=O) groups excluding carboxylic acids is 1. The van der Waals surface area contributed by atoms with Gasteiger partial charge in [-0.25, -0.2) is 4.98 Å². The van der Waals surface area contributed by atoms with Gasteiger partial charge in [-0.3, -0.25) is 15.1 Å². The van der Waals surface area contributed by atoms with E-state index in [0.29, 0.717) is 10.7 Å². The number of aromatic nitrogens is 2. The van der Waals surface area contributed by atoms with Crippen molar-refractivity contribution in [2.45, 2.75) is 26.2 Å². The molecular weight excluding hydrogens is 318 g/mol. The maximum absolute atomic E-state index is 12.5. The zero-order chi connectivity index (χ0) is 16.5. The number of fused-ring (bicyclic) bond motifs is 1. The van der Waals surface area contributed by atoms with Crippen LogP contribution < -0.4 is 5.32 Å². The van der Waals surface area contributed by atoms with E-state index in [9.17, 15) is 4.79 Å². The number of nitrogens with one attached hydrogen (secondary N) is 1. The summed E-state index contributed by atoms with van der Waals surface area (Å²) in [4.78, 5) is 22.3. The lowest BCUT2D eigenvalue weighted by Crippen LogP contribution is -2.12. The van der Waals surface area contributed by atoms with Gasteiger partial charge in [0.25, 0.3) is 5.91 Å². The standard InChI is InChI=1S/C19H17N3OS/c1-12-17(16-7-2-3-10-20-16)24-19(21-12)22-18(23)15-9-8-13-5-4-6-14(13)11-15/h2-3,7-11H,4-6H2,1H3,(H,21,22,23). The number of pyridine rings is 1. The van der Waals surface area contributed by atoms with E-state index in [4.69, 9.17) is 0 Å². The molecule has 0 radical (unpaired) electrons. The van der Waals surface area contributed by atoms with Gasteiger partial charge in [-0.05, 0) is 61.6 Å². The maximum Gasteiger partial charge on any atom is 0.257 e. The van der Waals surface area contributed by atoms with Gasteiger partial charge in [0.2, 0.25) is 0 Å². The van der Waals surface area contributed by atoms with Crippen molar-refractivity contribution in [2.24, 2.45) is 0 Å². The van der Waals surface area contributed by atoms with Crippen molar-refractivity contribution in [1.29, 1.82) is 0 Å². The number of hydrogen-bond acceptors (Lipinski definition) is 4. The average molecular weight is 335 g/mol. The van der Waals surface area contributed by atoms with Crippen LogP contribution in [0.4, 0.5) is 5.13 Å². The molecule has 2 aromatic heterocycles. The van der Waals surface area contributed by atoms with Crippen molar-refractivity contribution in [3.05, 3.63) is 65.0 Å². The molecule has 0 fully saturated rings. The minimum absolute atomic E-state index is 0.106. The molecule has 0 spiro atoms. The van der Waals surface area contributed by atoms with E-state index in [1.807, 2.05) is 37.3 Å². The molecule has 5 heteroatoms. The molecule has 120 valence electrons. The number of thiazole rings is 1. The molecule has 1 amide bonds. The Balaban J connectivity index is 1.56. The number of rotatable bonds is 3. The van der Waals surface area contributed by atoms with Crippen LogP contribution >= 0.6 is 11.3 Å². The van der Waals surface area contributed by atoms with Crippen LogP contribution in [0.25, 0.3) is 10.6 Å². The highest BCUT2D eigenvalue weighted by Gasteiger charge is 2.16. The first-order valence-corrected chi connectivity index (χ1v) is 8.84. The summed E-state index contributed by atoms with van der Waals surface area (Å²) in [6.45, 7) is 1.94. The van der Waals surface area contributed by atoms with Gasteiger partial charge in [-0.1, -0.05) is 23.5 Å². The van der Waals surface area contributed by atoms with Gasteiger partial charge in [0.05, 0.1) is 16.3 Å². The summed E-state index contributed by atoms with van der Waals surface area (Å²) in [7, 11) is 0. The number of benzene rings is 1. The van der Waals surface area contributed by atoms with Crippen molar-refractivity contribution >= 4 is 22.4 Å². The minimum atomic E-state index is -0.106. The van der Waals surface area contributed by atoms with E-state index in [2.05, 4.69) is 21.4 Å². The summed E-state index contributed by atoms with van der Waals surface area (Å²) in [6.07, 6.45) is 5.13. The van der Waals surface area contributed by atoms with Crippen LogP contribution in [-0.2, 0) is 12.8 Å². The minimum Gasteiger partial charge on any atom is -0.298 e. The van der Waals surface area contributed by atoms with Crippen LogP contribution in [0, 0.1) is 6.92 Å². The van der Waals surface area contributed by atoms with Crippen LogP contribution in [0.15, 0.2) is 42.6 Å². The first-order valence-electron chi connectivity index (χ1n) is 8.03. The molecule has 2 heterocycles. The van der Waals surface area contributed by atoms with Crippen molar-refractivity contribution < 1.29 is 4.79 Å². The Morgan fingerprint density at radius 1 is 1.17 bits per heavy atom. The number of nitrogens with zero attached hydrogens (tertiary/aromatic N) is 2. The molecule has 3 aromatic rings. The van der Waals surface area contributed by atoms with Gasteiger partial charge in [-0.15, -0.1) is 0 Å². The second-order valence-electron chi connectivity index (χ2n) is 5.94. The first kappa shape index (κ1) is 15.0. The Kier molecular flexibility index (Phi) is 3.86. The van der Waals surface area contributed by atoms with Crippen LogP contribution in [0.3, 0.4) is 0 Å². The predicted octanol–water partition coefficient (Wildman–Crippen LogP) is 4.25. The molecule has 1 aliphatic rings. The molecule has 0 saturated heterocycles. The fourth-order valence-electron chi connectivity index (χ4n) is 3.07. The highest BCUT2D eigenvalue weighted by Crippen LogP contribution is 2.31. The van der Waals surface area contributed by atoms with Crippen LogP contribution in [0.2, 0.25) is 0 Å². The SMILES string of the molecule is Cc1nc(NC(=O)c2ccc3c(c2)CCC3)sc1-c1ccccn1. The lowest BCUT2D eigenvalue weighted by molar-refractivity contribution is 0.102. The molecule has 0 saturated carbocycles. The van der Waals surface area contributed by atoms with E-state index < -0.39 is 0 Å². The molecule has 24 heavy (non-hydrogen) atoms. The zero-order valence-electron chi connectivity index (χ0n) is 13.4. The van der Waals surface area contributed by atoms with Crippen LogP contribution in [-0.4, -0.2) is 15.9 Å². The van der Waals surface area contributed by atoms with Crippen molar-refractivity contribution in [1.82, 2.24) is 9.97 Å². The Labute approximate surface area is 144 Å². The van der Waals surface area contributed by atoms with Gasteiger partial charge < -0.3 is 0 Å². The Bertz CT molecular complexity index is 902. The van der Waals surface area contributed by atoms with E-state index in [-0.39, 0.29) is 5.91 Å². The fourth-order valence-corrected chi connectivity index (χ4v) is 4.01. The monoisotopic (exact) mass is 335 g/mol. The molecule has 0 atom stereocenters. The molecule has 0 bridgehead atoms. The third-order valence-corrected chi connectivity index (χ3v) is 5.37. The predicted molar refractivity (Wildman–Crippen MR) is 96.5 cm³/mol. The van der Waals surface area contributed by atoms with E-state index in [1.54, 1.807) is 6.20 Å². The summed E-state index contributed by atoms with van der Waals surface area (Å²) < 4.78 is 0. The number of anilines is 1. The molecule has 4 nitrogen and oxygen atoms in total. The van der Waals surface area contributed by atoms with Crippen LogP contribution in [0.5, 0.6) is 0 Å². The van der Waals surface area contributed by atoms with Gasteiger partial charge >= 0.3 is 0 Å². The summed E-state index contributed by atoms with van der Waals surface area (Å²) >= 11 is 1.46. The fraction of sp³-hybridized carbons (Fsp3) is 0.211. The Hall–Kier alpha value is -2.53. The maximum atomic E-state index is 12.5. The normalized spacial score (nSPS) is 12.9. The largest absolute Gasteiger partial charge is 0.298 e. The third kappa shape index (κ3) is 2.83. The topological polar surface area (TPSA) is 54.9 Å². The summed E-state index contributed by atoms with van der Waals surface area (Å²) in [5.74, 6) is -0.106. The molecular formula is C19H17N3OS. The van der Waals surface area contributed by atoms with Gasteiger partial charge in [-0.2, -0.15) is 0 Å². The summed E-state index contributed by atoms with van der Waals surface area (Å²) in [5.41, 5.74) is 5.12. The Morgan fingerprint density at radius 3 is 2.88 bits per heavy atom. The number of hydrogen-bond donors (Lipinski definition) is 1. The summed E-state index contributed by atoms with van der Waals surface area (Å²) in [6, 6.07) is 11.8. The van der Waals surface area contributed by atoms with E-state index >= 15 is 0 Å². The lowest BCUT2D eigenvalue weighted by Gasteiger charge is -2.04. The van der Waals surface area contributed by atoms with Gasteiger partial charge in [0, 0.05) is 11.8 Å². The van der Waals surface area contributed by atoms with Gasteiger partial charge in [0.1, 0.15) is 0 Å².